The summed E-state index contributed by atoms with van der Waals surface area (Å²) in [5.41, 5.74) is 4.30. The maximum Gasteiger partial charge on any atom is 0.318 e. The molecule has 1 atom stereocenters. The number of hydrogen-bond donors (Lipinski definition) is 2. The third-order valence-electron chi connectivity index (χ3n) is 6.42. The van der Waals surface area contributed by atoms with E-state index >= 15 is 0 Å². The first-order valence-electron chi connectivity index (χ1n) is 12.9. The van der Waals surface area contributed by atoms with Crippen molar-refractivity contribution < 1.29 is 14.3 Å². The molecule has 2 N–H and O–H groups in total. The molecule has 1 aliphatic heterocycles. The van der Waals surface area contributed by atoms with Crippen molar-refractivity contribution in [1.29, 1.82) is 0 Å². The molecule has 0 aliphatic carbocycles. The van der Waals surface area contributed by atoms with Gasteiger partial charge in [-0.15, -0.1) is 0 Å². The number of benzene rings is 2. The average Bonchev–Trinajstić information content (AvgIpc) is 3.50. The Morgan fingerprint density at radius 3 is 2.50 bits per heavy atom. The first kappa shape index (κ1) is 27.7. The summed E-state index contributed by atoms with van der Waals surface area (Å²) in [7, 11) is 0. The number of anilines is 1. The van der Waals surface area contributed by atoms with Crippen LogP contribution in [0, 0.1) is 13.8 Å². The summed E-state index contributed by atoms with van der Waals surface area (Å²) in [6, 6.07) is 13.2. The number of carbonyl (C=O) groups excluding carboxylic acids is 2. The summed E-state index contributed by atoms with van der Waals surface area (Å²) >= 11 is 6.08. The quantitative estimate of drug-likeness (QED) is 0.402. The molecule has 2 aromatic carbocycles. The van der Waals surface area contributed by atoms with Crippen molar-refractivity contribution in [2.45, 2.75) is 59.1 Å². The minimum atomic E-state index is -0.435. The molecule has 1 aliphatic rings. The zero-order valence-corrected chi connectivity index (χ0v) is 23.4. The number of nitrogens with zero attached hydrogens (tertiary/aromatic N) is 3. The predicted octanol–water partition coefficient (Wildman–Crippen LogP) is 5.74. The average molecular weight is 538 g/mol. The van der Waals surface area contributed by atoms with Crippen molar-refractivity contribution in [2.24, 2.45) is 0 Å². The fourth-order valence-corrected chi connectivity index (χ4v) is 4.42. The minimum Gasteiger partial charge on any atom is -0.376 e. The van der Waals surface area contributed by atoms with Gasteiger partial charge in [0.2, 0.25) is 11.9 Å². The van der Waals surface area contributed by atoms with Gasteiger partial charge in [-0.2, -0.15) is 0 Å². The van der Waals surface area contributed by atoms with E-state index in [1.165, 1.54) is 10.5 Å². The van der Waals surface area contributed by atoms with Crippen molar-refractivity contribution >= 4 is 29.5 Å². The Balaban J connectivity index is 1.61. The van der Waals surface area contributed by atoms with Crippen LogP contribution < -0.4 is 10.6 Å². The number of imidazole rings is 1. The van der Waals surface area contributed by atoms with E-state index in [1.54, 1.807) is 12.1 Å². The smallest absolute Gasteiger partial charge is 0.318 e. The van der Waals surface area contributed by atoms with Crippen LogP contribution in [-0.4, -0.2) is 57.7 Å². The standard InChI is InChI=1S/C29H36ClN5O3/c1-19-8-13-23(15-20(19)2)35-17-25(21-9-11-22(30)12-10-21)31-27(35)32-26(36)18-34(16-24-7-6-14-38-24)28(37)33-29(3,4)5/h8-13,15,17,24H,6-7,14,16,18H2,1-5H3,(H,33,37)(H,31,32,36). The lowest BCUT2D eigenvalue weighted by Gasteiger charge is -2.29. The second kappa shape index (κ2) is 11.6. The number of ether oxygens (including phenoxy) is 1. The summed E-state index contributed by atoms with van der Waals surface area (Å²) in [5, 5.41) is 6.54. The molecule has 0 saturated carbocycles. The van der Waals surface area contributed by atoms with E-state index < -0.39 is 5.54 Å². The van der Waals surface area contributed by atoms with Crippen molar-refractivity contribution in [1.82, 2.24) is 19.8 Å². The Morgan fingerprint density at radius 1 is 1.13 bits per heavy atom. The van der Waals surface area contributed by atoms with Crippen LogP contribution in [0.15, 0.2) is 48.7 Å². The molecule has 1 saturated heterocycles. The molecule has 8 nitrogen and oxygen atoms in total. The molecule has 3 aromatic rings. The molecule has 0 radical (unpaired) electrons. The first-order valence-corrected chi connectivity index (χ1v) is 13.3. The number of halogens is 1. The van der Waals surface area contributed by atoms with Gasteiger partial charge in [0.05, 0.1) is 11.8 Å². The monoisotopic (exact) mass is 537 g/mol. The molecule has 1 unspecified atom stereocenters. The van der Waals surface area contributed by atoms with Crippen LogP contribution in [0.25, 0.3) is 16.9 Å². The number of hydrogen-bond acceptors (Lipinski definition) is 4. The summed E-state index contributed by atoms with van der Waals surface area (Å²) in [5.74, 6) is 0.0295. The van der Waals surface area contributed by atoms with Gasteiger partial charge in [0, 0.05) is 41.2 Å². The third kappa shape index (κ3) is 7.14. The topological polar surface area (TPSA) is 88.5 Å². The molecule has 4 rings (SSSR count). The molecular formula is C29H36ClN5O3. The number of amides is 3. The van der Waals surface area contributed by atoms with Crippen LogP contribution in [0.2, 0.25) is 5.02 Å². The Bertz CT molecular complexity index is 1290. The lowest BCUT2D eigenvalue weighted by atomic mass is 10.1. The van der Waals surface area contributed by atoms with Crippen LogP contribution in [0.5, 0.6) is 0 Å². The molecule has 0 bridgehead atoms. The van der Waals surface area contributed by atoms with Crippen LogP contribution in [-0.2, 0) is 9.53 Å². The van der Waals surface area contributed by atoms with Crippen molar-refractivity contribution in [2.75, 3.05) is 25.0 Å². The minimum absolute atomic E-state index is 0.0810. The maximum absolute atomic E-state index is 13.3. The maximum atomic E-state index is 13.3. The molecule has 9 heteroatoms. The molecule has 1 fully saturated rings. The number of urea groups is 1. The Morgan fingerprint density at radius 2 is 1.87 bits per heavy atom. The van der Waals surface area contributed by atoms with Crippen LogP contribution in [0.3, 0.4) is 0 Å². The highest BCUT2D eigenvalue weighted by molar-refractivity contribution is 6.30. The molecule has 3 amide bonds. The summed E-state index contributed by atoms with van der Waals surface area (Å²) in [6.45, 7) is 10.7. The van der Waals surface area contributed by atoms with Gasteiger partial charge in [0.25, 0.3) is 0 Å². The molecule has 202 valence electrons. The van der Waals surface area contributed by atoms with Crippen LogP contribution in [0.4, 0.5) is 10.7 Å². The van der Waals surface area contributed by atoms with Crippen molar-refractivity contribution in [3.8, 4) is 16.9 Å². The second-order valence-corrected chi connectivity index (χ2v) is 11.3. The van der Waals surface area contributed by atoms with Gasteiger partial charge in [-0.3, -0.25) is 14.7 Å². The third-order valence-corrected chi connectivity index (χ3v) is 6.67. The van der Waals surface area contributed by atoms with Gasteiger partial charge in [-0.1, -0.05) is 29.8 Å². The Labute approximate surface area is 229 Å². The fourth-order valence-electron chi connectivity index (χ4n) is 4.29. The highest BCUT2D eigenvalue weighted by Crippen LogP contribution is 2.26. The molecule has 0 spiro atoms. The number of nitrogens with one attached hydrogen (secondary N) is 2. The number of rotatable bonds is 7. The number of aryl methyl sites for hydroxylation is 2. The predicted molar refractivity (Wildman–Crippen MR) is 151 cm³/mol. The first-order chi connectivity index (χ1) is 18.0. The van der Waals surface area contributed by atoms with E-state index in [9.17, 15) is 9.59 Å². The summed E-state index contributed by atoms with van der Waals surface area (Å²) < 4.78 is 7.60. The fraction of sp³-hybridized carbons (Fsp3) is 0.414. The summed E-state index contributed by atoms with van der Waals surface area (Å²) in [6.07, 6.45) is 3.62. The van der Waals surface area contributed by atoms with E-state index in [2.05, 4.69) is 23.6 Å². The van der Waals surface area contributed by atoms with Crippen molar-refractivity contribution in [3.05, 3.63) is 64.8 Å². The highest BCUT2D eigenvalue weighted by atomic mass is 35.5. The van der Waals surface area contributed by atoms with Crippen molar-refractivity contribution in [3.63, 3.8) is 0 Å². The number of carbonyl (C=O) groups is 2. The zero-order chi connectivity index (χ0) is 27.4. The second-order valence-electron chi connectivity index (χ2n) is 10.8. The SMILES string of the molecule is Cc1ccc(-n2cc(-c3ccc(Cl)cc3)nc2NC(=O)CN(CC2CCCO2)C(=O)NC(C)(C)C)cc1C. The van der Waals surface area contributed by atoms with Crippen LogP contribution in [0.1, 0.15) is 44.7 Å². The van der Waals surface area contributed by atoms with Gasteiger partial charge in [0.1, 0.15) is 6.54 Å². The van der Waals surface area contributed by atoms with E-state index in [0.717, 1.165) is 29.7 Å². The lowest BCUT2D eigenvalue weighted by Crippen LogP contribution is -2.52. The Hall–Kier alpha value is -3.36. The molecular weight excluding hydrogens is 502 g/mol. The van der Waals surface area contributed by atoms with Gasteiger partial charge >= 0.3 is 6.03 Å². The summed E-state index contributed by atoms with van der Waals surface area (Å²) in [4.78, 5) is 32.6. The normalized spacial score (nSPS) is 15.4. The highest BCUT2D eigenvalue weighted by Gasteiger charge is 2.27. The Kier molecular flexibility index (Phi) is 8.43. The van der Waals surface area contributed by atoms with E-state index in [1.807, 2.05) is 62.7 Å². The van der Waals surface area contributed by atoms with Gasteiger partial charge in [-0.25, -0.2) is 9.78 Å². The van der Waals surface area contributed by atoms with Gasteiger partial charge in [0.15, 0.2) is 0 Å². The molecule has 38 heavy (non-hydrogen) atoms. The van der Waals surface area contributed by atoms with E-state index in [0.29, 0.717) is 29.8 Å². The molecule has 2 heterocycles. The van der Waals surface area contributed by atoms with Gasteiger partial charge in [-0.05, 0) is 82.9 Å². The van der Waals surface area contributed by atoms with E-state index in [4.69, 9.17) is 21.3 Å². The van der Waals surface area contributed by atoms with E-state index in [-0.39, 0.29) is 24.6 Å². The largest absolute Gasteiger partial charge is 0.376 e. The molecule has 1 aromatic heterocycles. The zero-order valence-electron chi connectivity index (χ0n) is 22.7. The number of aromatic nitrogens is 2. The lowest BCUT2D eigenvalue weighted by molar-refractivity contribution is -0.117. The van der Waals surface area contributed by atoms with Crippen LogP contribution >= 0.6 is 11.6 Å². The van der Waals surface area contributed by atoms with Gasteiger partial charge < -0.3 is 15.0 Å².